The Hall–Kier alpha value is -3.37. The Balaban J connectivity index is 1.94. The van der Waals surface area contributed by atoms with E-state index in [9.17, 15) is 14.7 Å². The number of amides is 1. The number of ketones is 1. The molecule has 0 spiro atoms. The van der Waals surface area contributed by atoms with Gasteiger partial charge in [0.25, 0.3) is 11.7 Å². The number of halogens is 1. The Bertz CT molecular complexity index is 1100. The third-order valence-corrected chi connectivity index (χ3v) is 5.24. The normalized spacial score (nSPS) is 18.3. The molecule has 5 heteroatoms. The molecule has 1 aliphatic heterocycles. The molecule has 29 heavy (non-hydrogen) atoms. The average Bonchev–Trinajstić information content (AvgIpc) is 3.00. The molecule has 1 heterocycles. The predicted octanol–water partition coefficient (Wildman–Crippen LogP) is 5.27. The van der Waals surface area contributed by atoms with Gasteiger partial charge in [-0.2, -0.15) is 0 Å². The molecule has 0 saturated carbocycles. The molecule has 0 bridgehead atoms. The van der Waals surface area contributed by atoms with Gasteiger partial charge >= 0.3 is 0 Å². The number of hydrogen-bond donors (Lipinski definition) is 1. The van der Waals surface area contributed by atoms with Crippen LogP contribution in [0.3, 0.4) is 0 Å². The van der Waals surface area contributed by atoms with Crippen molar-refractivity contribution in [2.45, 2.75) is 13.0 Å². The van der Waals surface area contributed by atoms with Crippen molar-refractivity contribution in [2.24, 2.45) is 0 Å². The average molecular weight is 404 g/mol. The topological polar surface area (TPSA) is 57.6 Å². The van der Waals surface area contributed by atoms with Gasteiger partial charge in [-0.05, 0) is 36.8 Å². The van der Waals surface area contributed by atoms with Crippen LogP contribution in [0.25, 0.3) is 5.76 Å². The van der Waals surface area contributed by atoms with Crippen molar-refractivity contribution in [3.05, 3.63) is 106 Å². The van der Waals surface area contributed by atoms with E-state index in [-0.39, 0.29) is 11.3 Å². The summed E-state index contributed by atoms with van der Waals surface area (Å²) in [5.41, 5.74) is 2.85. The first kappa shape index (κ1) is 19.0. The van der Waals surface area contributed by atoms with Crippen molar-refractivity contribution in [3.8, 4) is 0 Å². The first-order chi connectivity index (χ1) is 14.0. The van der Waals surface area contributed by atoms with Gasteiger partial charge in [0.05, 0.1) is 11.6 Å². The largest absolute Gasteiger partial charge is 0.507 e. The van der Waals surface area contributed by atoms with Crippen LogP contribution < -0.4 is 4.90 Å². The van der Waals surface area contributed by atoms with Crippen LogP contribution in [0.1, 0.15) is 22.7 Å². The number of rotatable bonds is 3. The second-order valence-electron chi connectivity index (χ2n) is 6.92. The van der Waals surface area contributed by atoms with Crippen molar-refractivity contribution < 1.29 is 14.7 Å². The van der Waals surface area contributed by atoms with E-state index in [1.54, 1.807) is 60.7 Å². The van der Waals surface area contributed by atoms with Crippen molar-refractivity contribution in [1.29, 1.82) is 0 Å². The molecule has 0 aromatic heterocycles. The van der Waals surface area contributed by atoms with E-state index in [2.05, 4.69) is 0 Å². The molecule has 1 N–H and O–H groups in total. The third kappa shape index (κ3) is 3.43. The van der Waals surface area contributed by atoms with Crippen LogP contribution in [0.2, 0.25) is 5.02 Å². The molecule has 1 fully saturated rings. The molecule has 1 amide bonds. The Morgan fingerprint density at radius 1 is 0.897 bits per heavy atom. The summed E-state index contributed by atoms with van der Waals surface area (Å²) in [5.74, 6) is -1.59. The minimum atomic E-state index is -0.754. The fourth-order valence-electron chi connectivity index (χ4n) is 3.52. The van der Waals surface area contributed by atoms with E-state index in [4.69, 9.17) is 11.6 Å². The van der Waals surface area contributed by atoms with E-state index >= 15 is 0 Å². The lowest BCUT2D eigenvalue weighted by Crippen LogP contribution is -2.29. The molecular weight excluding hydrogens is 386 g/mol. The fourth-order valence-corrected chi connectivity index (χ4v) is 3.64. The number of hydrogen-bond acceptors (Lipinski definition) is 3. The van der Waals surface area contributed by atoms with Gasteiger partial charge in [0, 0.05) is 16.3 Å². The highest BCUT2D eigenvalue weighted by Gasteiger charge is 2.46. The summed E-state index contributed by atoms with van der Waals surface area (Å²) in [7, 11) is 0. The Morgan fingerprint density at radius 2 is 1.52 bits per heavy atom. The molecule has 0 radical (unpaired) electrons. The van der Waals surface area contributed by atoms with Crippen LogP contribution in [0, 0.1) is 6.92 Å². The first-order valence-corrected chi connectivity index (χ1v) is 9.53. The molecule has 4 nitrogen and oxygen atoms in total. The van der Waals surface area contributed by atoms with Crippen LogP contribution in [0.15, 0.2) is 84.4 Å². The van der Waals surface area contributed by atoms with Gasteiger partial charge in [-0.1, -0.05) is 71.8 Å². The molecule has 1 aliphatic rings. The standard InChI is InChI=1S/C24H18ClNO3/c1-15-7-13-19(14-8-15)26-21(16-9-11-18(25)12-10-16)20(23(28)24(26)29)22(27)17-5-3-2-4-6-17/h2-14,21,27H,1H3/t21-/m1/s1. The minimum absolute atomic E-state index is 0.0593. The smallest absolute Gasteiger partial charge is 0.300 e. The predicted molar refractivity (Wildman–Crippen MR) is 114 cm³/mol. The maximum Gasteiger partial charge on any atom is 0.300 e. The zero-order valence-electron chi connectivity index (χ0n) is 15.7. The summed E-state index contributed by atoms with van der Waals surface area (Å²) in [6.07, 6.45) is 0. The molecule has 144 valence electrons. The number of nitrogens with zero attached hydrogens (tertiary/aromatic N) is 1. The van der Waals surface area contributed by atoms with Crippen LogP contribution in [-0.2, 0) is 9.59 Å². The van der Waals surface area contributed by atoms with Gasteiger partial charge in [-0.25, -0.2) is 0 Å². The zero-order valence-corrected chi connectivity index (χ0v) is 16.4. The molecule has 4 rings (SSSR count). The number of aliphatic hydroxyl groups is 1. The second kappa shape index (κ2) is 7.57. The van der Waals surface area contributed by atoms with Crippen LogP contribution in [-0.4, -0.2) is 16.8 Å². The summed E-state index contributed by atoms with van der Waals surface area (Å²) >= 11 is 6.03. The van der Waals surface area contributed by atoms with Crippen molar-refractivity contribution in [1.82, 2.24) is 0 Å². The van der Waals surface area contributed by atoms with E-state index in [0.29, 0.717) is 21.8 Å². The Labute approximate surface area is 173 Å². The lowest BCUT2D eigenvalue weighted by Gasteiger charge is -2.25. The van der Waals surface area contributed by atoms with E-state index in [1.807, 2.05) is 25.1 Å². The lowest BCUT2D eigenvalue weighted by molar-refractivity contribution is -0.132. The molecule has 0 unspecified atom stereocenters. The quantitative estimate of drug-likeness (QED) is 0.368. The highest BCUT2D eigenvalue weighted by molar-refractivity contribution is 6.51. The number of Topliss-reactive ketones (excluding diaryl/α,β-unsaturated/α-hetero) is 1. The highest BCUT2D eigenvalue weighted by Crippen LogP contribution is 2.42. The summed E-state index contributed by atoms with van der Waals surface area (Å²) in [5, 5.41) is 11.5. The van der Waals surface area contributed by atoms with Crippen molar-refractivity contribution in [3.63, 3.8) is 0 Å². The highest BCUT2D eigenvalue weighted by atomic mass is 35.5. The number of benzene rings is 3. The third-order valence-electron chi connectivity index (χ3n) is 4.99. The lowest BCUT2D eigenvalue weighted by atomic mass is 9.95. The van der Waals surface area contributed by atoms with E-state index in [0.717, 1.165) is 5.56 Å². The van der Waals surface area contributed by atoms with E-state index < -0.39 is 17.7 Å². The van der Waals surface area contributed by atoms with E-state index in [1.165, 1.54) is 4.90 Å². The summed E-state index contributed by atoms with van der Waals surface area (Å²) < 4.78 is 0. The summed E-state index contributed by atoms with van der Waals surface area (Å²) in [6, 6.07) is 22.3. The van der Waals surface area contributed by atoms with Crippen LogP contribution in [0.4, 0.5) is 5.69 Å². The first-order valence-electron chi connectivity index (χ1n) is 9.16. The molecule has 0 aliphatic carbocycles. The minimum Gasteiger partial charge on any atom is -0.507 e. The van der Waals surface area contributed by atoms with Gasteiger partial charge in [-0.3, -0.25) is 14.5 Å². The van der Waals surface area contributed by atoms with Gasteiger partial charge in [-0.15, -0.1) is 0 Å². The van der Waals surface area contributed by atoms with Gasteiger partial charge in [0.2, 0.25) is 0 Å². The summed E-state index contributed by atoms with van der Waals surface area (Å²) in [6.45, 7) is 1.95. The molecule has 3 aromatic carbocycles. The number of carbonyl (C=O) groups is 2. The molecular formula is C24H18ClNO3. The maximum absolute atomic E-state index is 13.0. The van der Waals surface area contributed by atoms with Gasteiger partial charge in [0.1, 0.15) is 5.76 Å². The number of aryl methyl sites for hydroxylation is 1. The number of carbonyl (C=O) groups excluding carboxylic acids is 2. The number of aliphatic hydroxyl groups excluding tert-OH is 1. The molecule has 1 saturated heterocycles. The SMILES string of the molecule is Cc1ccc(N2C(=O)C(=O)C(=C(O)c3ccccc3)[C@H]2c2ccc(Cl)cc2)cc1. The van der Waals surface area contributed by atoms with Gasteiger partial charge in [0.15, 0.2) is 0 Å². The monoisotopic (exact) mass is 403 g/mol. The Kier molecular flexibility index (Phi) is 4.95. The van der Waals surface area contributed by atoms with Crippen LogP contribution in [0.5, 0.6) is 0 Å². The van der Waals surface area contributed by atoms with Crippen molar-refractivity contribution in [2.75, 3.05) is 4.90 Å². The fraction of sp³-hybridized carbons (Fsp3) is 0.0833. The van der Waals surface area contributed by atoms with Crippen LogP contribution >= 0.6 is 11.6 Å². The molecule has 3 aromatic rings. The number of anilines is 1. The Morgan fingerprint density at radius 3 is 2.14 bits per heavy atom. The second-order valence-corrected chi connectivity index (χ2v) is 7.36. The molecule has 1 atom stereocenters. The zero-order chi connectivity index (χ0) is 20.5. The van der Waals surface area contributed by atoms with Gasteiger partial charge < -0.3 is 5.11 Å². The summed E-state index contributed by atoms with van der Waals surface area (Å²) in [4.78, 5) is 27.4. The maximum atomic E-state index is 13.0. The van der Waals surface area contributed by atoms with Crippen molar-refractivity contribution >= 4 is 34.7 Å².